The number of halogens is 1. The summed E-state index contributed by atoms with van der Waals surface area (Å²) in [7, 11) is 0.807. The Morgan fingerprint density at radius 1 is 0.952 bits per heavy atom. The Hall–Kier alpha value is -4.86. The van der Waals surface area contributed by atoms with Crippen molar-refractivity contribution >= 4 is 46.2 Å². The molecule has 2 aromatic heterocycles. The number of pyridine rings is 1. The minimum absolute atomic E-state index is 0.109. The van der Waals surface area contributed by atoms with Gasteiger partial charge in [-0.3, -0.25) is 14.7 Å². The standard InChI is InChI=1S/C32H25ClN6O2S/c1-41-29-15-13-23(14-16-29)31-24(21-39(36-31)28-12-7-8-25(33)18-28)20-35-37-42-22-38(27-10-3-2-4-11-27)32(40)30(42)19-26-9-5-6-17-34-26/h2-21H,22H2,1H3/b30-19+,35-20+. The van der Waals surface area contributed by atoms with Gasteiger partial charge in [0.15, 0.2) is 0 Å². The number of rotatable bonds is 7. The fourth-order valence-corrected chi connectivity index (χ4v) is 6.13. The van der Waals surface area contributed by atoms with E-state index >= 15 is 0 Å². The lowest BCUT2D eigenvalue weighted by molar-refractivity contribution is -0.113. The largest absolute Gasteiger partial charge is 0.497 e. The summed E-state index contributed by atoms with van der Waals surface area (Å²) in [4.78, 5) is 20.2. The van der Waals surface area contributed by atoms with Crippen LogP contribution in [-0.4, -0.2) is 39.9 Å². The SMILES string of the molecule is COc1ccc(-c2nn(-c3cccc(Cl)c3)cc2/C=N/N=S2\CN(c3ccccc3)C(=O)\C2=C/c2ccccn2)cc1. The van der Waals surface area contributed by atoms with Gasteiger partial charge in [-0.15, -0.1) is 4.47 Å². The molecule has 0 bridgehead atoms. The minimum Gasteiger partial charge on any atom is -0.497 e. The quantitative estimate of drug-likeness (QED) is 0.118. The number of hydrogen-bond acceptors (Lipinski definition) is 5. The maximum Gasteiger partial charge on any atom is 0.266 e. The van der Waals surface area contributed by atoms with Crippen LogP contribution in [0.5, 0.6) is 5.75 Å². The molecule has 0 radical (unpaired) electrons. The Labute approximate surface area is 250 Å². The van der Waals surface area contributed by atoms with Gasteiger partial charge < -0.3 is 4.74 Å². The first-order valence-electron chi connectivity index (χ1n) is 13.0. The second kappa shape index (κ2) is 12.3. The molecule has 0 aliphatic carbocycles. The molecule has 1 aliphatic rings. The molecule has 1 atom stereocenters. The Kier molecular flexibility index (Phi) is 8.02. The number of nitrogens with zero attached hydrogens (tertiary/aromatic N) is 6. The number of ether oxygens (including phenoxy) is 1. The molecule has 10 heteroatoms. The van der Waals surface area contributed by atoms with Crippen LogP contribution >= 0.6 is 11.6 Å². The van der Waals surface area contributed by atoms with E-state index in [4.69, 9.17) is 21.4 Å². The third kappa shape index (κ3) is 5.93. The number of aromatic nitrogens is 3. The predicted octanol–water partition coefficient (Wildman–Crippen LogP) is 6.78. The van der Waals surface area contributed by atoms with Crippen LogP contribution < -0.4 is 9.64 Å². The first-order valence-corrected chi connectivity index (χ1v) is 14.8. The molecule has 208 valence electrons. The van der Waals surface area contributed by atoms with Crippen molar-refractivity contribution in [3.63, 3.8) is 0 Å². The van der Waals surface area contributed by atoms with Gasteiger partial charge in [0, 0.05) is 34.2 Å². The van der Waals surface area contributed by atoms with Crippen molar-refractivity contribution < 1.29 is 9.53 Å². The van der Waals surface area contributed by atoms with Crippen molar-refractivity contribution in [2.45, 2.75) is 0 Å². The van der Waals surface area contributed by atoms with E-state index < -0.39 is 10.7 Å². The smallest absolute Gasteiger partial charge is 0.266 e. The zero-order valence-electron chi connectivity index (χ0n) is 22.5. The van der Waals surface area contributed by atoms with Crippen LogP contribution in [-0.2, 0) is 15.5 Å². The lowest BCUT2D eigenvalue weighted by atomic mass is 10.1. The van der Waals surface area contributed by atoms with E-state index in [0.717, 1.165) is 33.9 Å². The summed E-state index contributed by atoms with van der Waals surface area (Å²) in [5.74, 6) is 1.04. The maximum absolute atomic E-state index is 13.5. The van der Waals surface area contributed by atoms with E-state index in [1.54, 1.807) is 35.2 Å². The van der Waals surface area contributed by atoms with E-state index in [1.165, 1.54) is 0 Å². The molecule has 1 saturated heterocycles. The highest BCUT2D eigenvalue weighted by molar-refractivity contribution is 7.93. The lowest BCUT2D eigenvalue weighted by Gasteiger charge is -2.13. The highest BCUT2D eigenvalue weighted by Gasteiger charge is 2.32. The van der Waals surface area contributed by atoms with Gasteiger partial charge in [0.1, 0.15) is 11.4 Å². The van der Waals surface area contributed by atoms with E-state index in [-0.39, 0.29) is 5.91 Å². The molecule has 3 heterocycles. The minimum atomic E-state index is -0.824. The van der Waals surface area contributed by atoms with Gasteiger partial charge in [-0.25, -0.2) is 4.68 Å². The van der Waals surface area contributed by atoms with Crippen molar-refractivity contribution in [3.8, 4) is 22.7 Å². The average molecular weight is 593 g/mol. The summed E-state index contributed by atoms with van der Waals surface area (Å²) in [6, 6.07) is 30.3. The number of hydrogen-bond donors (Lipinski definition) is 0. The van der Waals surface area contributed by atoms with E-state index in [0.29, 0.717) is 21.5 Å². The van der Waals surface area contributed by atoms with Crippen LogP contribution in [0.3, 0.4) is 0 Å². The lowest BCUT2D eigenvalue weighted by Crippen LogP contribution is -2.24. The predicted molar refractivity (Wildman–Crippen MR) is 169 cm³/mol. The summed E-state index contributed by atoms with van der Waals surface area (Å²) >= 11 is 6.25. The molecule has 0 N–H and O–H groups in total. The molecule has 1 fully saturated rings. The van der Waals surface area contributed by atoms with Crippen LogP contribution in [0.25, 0.3) is 23.0 Å². The third-order valence-corrected chi connectivity index (χ3v) is 8.35. The first kappa shape index (κ1) is 27.3. The van der Waals surface area contributed by atoms with Crippen molar-refractivity contribution in [3.05, 3.63) is 131 Å². The molecule has 0 spiro atoms. The number of carbonyl (C=O) groups is 1. The monoisotopic (exact) mass is 592 g/mol. The number of methoxy groups -OCH3 is 1. The highest BCUT2D eigenvalue weighted by Crippen LogP contribution is 2.29. The summed E-state index contributed by atoms with van der Waals surface area (Å²) in [5.41, 5.74) is 4.69. The van der Waals surface area contributed by atoms with E-state index in [1.807, 2.05) is 103 Å². The highest BCUT2D eigenvalue weighted by atomic mass is 35.5. The Balaban J connectivity index is 1.39. The van der Waals surface area contributed by atoms with Crippen LogP contribution in [0.1, 0.15) is 11.3 Å². The number of amides is 1. The van der Waals surface area contributed by atoms with Crippen molar-refractivity contribution in [1.29, 1.82) is 0 Å². The molecule has 0 saturated carbocycles. The molecule has 1 amide bonds. The maximum atomic E-state index is 13.5. The molecular formula is C32H25ClN6O2S. The fourth-order valence-electron chi connectivity index (χ4n) is 4.43. The number of benzene rings is 3. The van der Waals surface area contributed by atoms with Crippen molar-refractivity contribution in [2.75, 3.05) is 17.9 Å². The zero-order valence-corrected chi connectivity index (χ0v) is 24.1. The zero-order chi connectivity index (χ0) is 28.9. The van der Waals surface area contributed by atoms with Crippen LogP contribution in [0, 0.1) is 0 Å². The number of para-hydroxylation sites is 1. The Morgan fingerprint density at radius 2 is 1.74 bits per heavy atom. The second-order valence-corrected chi connectivity index (χ2v) is 11.3. The molecular weight excluding hydrogens is 568 g/mol. The molecule has 1 aliphatic heterocycles. The number of carbonyl (C=O) groups excluding carboxylic acids is 1. The summed E-state index contributed by atoms with van der Waals surface area (Å²) < 4.78 is 11.7. The first-order chi connectivity index (χ1) is 20.6. The van der Waals surface area contributed by atoms with E-state index in [9.17, 15) is 4.79 Å². The van der Waals surface area contributed by atoms with Crippen molar-refractivity contribution in [2.24, 2.45) is 9.57 Å². The Morgan fingerprint density at radius 3 is 2.48 bits per heavy atom. The average Bonchev–Trinajstić information content (AvgIpc) is 3.59. The third-order valence-electron chi connectivity index (χ3n) is 6.52. The van der Waals surface area contributed by atoms with Gasteiger partial charge in [0.05, 0.1) is 35.5 Å². The van der Waals surface area contributed by atoms with Crippen LogP contribution in [0.15, 0.2) is 124 Å². The molecule has 42 heavy (non-hydrogen) atoms. The summed E-state index contributed by atoms with van der Waals surface area (Å²) in [6.45, 7) is 0. The molecule has 5 aromatic rings. The molecule has 1 unspecified atom stereocenters. The van der Waals surface area contributed by atoms with Crippen LogP contribution in [0.4, 0.5) is 5.69 Å². The topological polar surface area (TPSA) is 85.0 Å². The van der Waals surface area contributed by atoms with E-state index in [2.05, 4.69) is 14.6 Å². The van der Waals surface area contributed by atoms with Gasteiger partial charge in [-0.1, -0.05) is 41.9 Å². The van der Waals surface area contributed by atoms with Crippen molar-refractivity contribution in [1.82, 2.24) is 14.8 Å². The normalized spacial score (nSPS) is 16.1. The fraction of sp³-hybridized carbons (Fsp3) is 0.0625. The summed E-state index contributed by atoms with van der Waals surface area (Å²) in [6.07, 6.45) is 7.06. The van der Waals surface area contributed by atoms with Crippen LogP contribution in [0.2, 0.25) is 5.02 Å². The molecule has 3 aromatic carbocycles. The molecule has 6 rings (SSSR count). The van der Waals surface area contributed by atoms with Gasteiger partial charge in [-0.05, 0) is 83.5 Å². The Bertz CT molecular complexity index is 1820. The summed E-state index contributed by atoms with van der Waals surface area (Å²) in [5, 5.41) is 9.94. The van der Waals surface area contributed by atoms with Gasteiger partial charge in [0.25, 0.3) is 5.91 Å². The number of anilines is 1. The van der Waals surface area contributed by atoms with Gasteiger partial charge in [-0.2, -0.15) is 10.2 Å². The molecule has 8 nitrogen and oxygen atoms in total. The van der Waals surface area contributed by atoms with Gasteiger partial charge >= 0.3 is 0 Å². The van der Waals surface area contributed by atoms with Gasteiger partial charge in [0.2, 0.25) is 0 Å². The second-order valence-electron chi connectivity index (χ2n) is 9.24.